The molecule has 0 amide bonds. The highest BCUT2D eigenvalue weighted by Crippen LogP contribution is 2.26. The maximum absolute atomic E-state index is 11.6. The molecule has 1 aromatic heterocycles. The van der Waals surface area contributed by atoms with Crippen LogP contribution in [0.3, 0.4) is 0 Å². The van der Waals surface area contributed by atoms with Crippen LogP contribution in [0.25, 0.3) is 0 Å². The normalized spacial score (nSPS) is 20.8. The van der Waals surface area contributed by atoms with Crippen LogP contribution >= 0.6 is 0 Å². The molecule has 2 aliphatic heterocycles. The Morgan fingerprint density at radius 3 is 2.89 bits per heavy atom. The Morgan fingerprint density at radius 2 is 2.11 bits per heavy atom. The van der Waals surface area contributed by atoms with Crippen LogP contribution in [-0.2, 0) is 13.0 Å². The van der Waals surface area contributed by atoms with Crippen molar-refractivity contribution in [2.75, 3.05) is 24.5 Å². The number of aromatic amines is 1. The second-order valence-electron chi connectivity index (χ2n) is 5.42. The third-order valence-corrected chi connectivity index (χ3v) is 4.04. The van der Waals surface area contributed by atoms with Crippen LogP contribution < -0.4 is 15.9 Å². The number of H-pyrrole nitrogens is 1. The summed E-state index contributed by atoms with van der Waals surface area (Å²) in [6.07, 6.45) is 3.35. The summed E-state index contributed by atoms with van der Waals surface area (Å²) in [6, 6.07) is 0. The molecule has 0 atom stereocenters. The maximum atomic E-state index is 11.6. The van der Waals surface area contributed by atoms with E-state index in [2.05, 4.69) is 27.1 Å². The number of rotatable bonds is 1. The van der Waals surface area contributed by atoms with Gasteiger partial charge in [0.05, 0.1) is 0 Å². The summed E-state index contributed by atoms with van der Waals surface area (Å²) in [7, 11) is 0. The molecule has 3 heterocycles. The molecule has 3 rings (SSSR count). The van der Waals surface area contributed by atoms with Gasteiger partial charge in [0, 0.05) is 30.9 Å². The minimum absolute atomic E-state index is 0.217. The van der Waals surface area contributed by atoms with Crippen molar-refractivity contribution in [3.63, 3.8) is 0 Å². The summed E-state index contributed by atoms with van der Waals surface area (Å²) in [5.74, 6) is 1.72. The summed E-state index contributed by atoms with van der Waals surface area (Å²) < 4.78 is 0. The lowest BCUT2D eigenvalue weighted by atomic mass is 9.98. The number of hydrogen-bond acceptors (Lipinski definition) is 4. The van der Waals surface area contributed by atoms with Crippen LogP contribution in [0.1, 0.15) is 31.0 Å². The van der Waals surface area contributed by atoms with Gasteiger partial charge >= 0.3 is 5.69 Å². The highest BCUT2D eigenvalue weighted by atomic mass is 16.1. The van der Waals surface area contributed by atoms with Gasteiger partial charge in [-0.1, -0.05) is 6.92 Å². The van der Waals surface area contributed by atoms with Crippen LogP contribution in [0.4, 0.5) is 5.82 Å². The fourth-order valence-corrected chi connectivity index (χ4v) is 2.85. The van der Waals surface area contributed by atoms with E-state index in [0.29, 0.717) is 0 Å². The van der Waals surface area contributed by atoms with Gasteiger partial charge in [-0.3, -0.25) is 0 Å². The Hall–Kier alpha value is -1.36. The van der Waals surface area contributed by atoms with Gasteiger partial charge in [-0.2, -0.15) is 4.98 Å². The van der Waals surface area contributed by atoms with E-state index in [1.807, 2.05) is 0 Å². The van der Waals surface area contributed by atoms with E-state index in [9.17, 15) is 4.79 Å². The number of aromatic nitrogens is 2. The Morgan fingerprint density at radius 1 is 1.33 bits per heavy atom. The molecular weight excluding hydrogens is 228 g/mol. The molecule has 2 aliphatic rings. The zero-order chi connectivity index (χ0) is 12.5. The van der Waals surface area contributed by atoms with Gasteiger partial charge in [-0.05, 0) is 31.7 Å². The number of piperidine rings is 1. The Labute approximate surface area is 107 Å². The van der Waals surface area contributed by atoms with Gasteiger partial charge in [0.1, 0.15) is 5.82 Å². The zero-order valence-corrected chi connectivity index (χ0v) is 10.8. The molecule has 1 aromatic rings. The summed E-state index contributed by atoms with van der Waals surface area (Å²) in [5, 5.41) is 3.29. The first-order valence-electron chi connectivity index (χ1n) is 6.82. The predicted molar refractivity (Wildman–Crippen MR) is 70.9 cm³/mol. The van der Waals surface area contributed by atoms with Crippen LogP contribution in [0.5, 0.6) is 0 Å². The molecule has 98 valence electrons. The van der Waals surface area contributed by atoms with Crippen molar-refractivity contribution in [1.29, 1.82) is 0 Å². The van der Waals surface area contributed by atoms with Crippen molar-refractivity contribution >= 4 is 5.82 Å². The quantitative estimate of drug-likeness (QED) is 0.766. The molecule has 0 bridgehead atoms. The number of hydrogen-bond donors (Lipinski definition) is 2. The molecule has 1 fully saturated rings. The zero-order valence-electron chi connectivity index (χ0n) is 10.8. The van der Waals surface area contributed by atoms with Crippen molar-refractivity contribution in [2.24, 2.45) is 5.92 Å². The molecule has 2 N–H and O–H groups in total. The predicted octanol–water partition coefficient (Wildman–Crippen LogP) is 0.652. The molecule has 0 aliphatic carbocycles. The van der Waals surface area contributed by atoms with E-state index >= 15 is 0 Å². The summed E-state index contributed by atoms with van der Waals surface area (Å²) in [5.41, 5.74) is 2.05. The molecule has 0 unspecified atom stereocenters. The van der Waals surface area contributed by atoms with Crippen molar-refractivity contribution in [2.45, 2.75) is 32.7 Å². The third kappa shape index (κ3) is 2.14. The van der Waals surface area contributed by atoms with Crippen LogP contribution in [0.2, 0.25) is 0 Å². The molecule has 5 heteroatoms. The first-order valence-corrected chi connectivity index (χ1v) is 6.82. The smallest absolute Gasteiger partial charge is 0.347 e. The number of fused-ring (bicyclic) bond motifs is 1. The van der Waals surface area contributed by atoms with Gasteiger partial charge in [-0.15, -0.1) is 0 Å². The average Bonchev–Trinajstić information content (AvgIpc) is 2.38. The monoisotopic (exact) mass is 248 g/mol. The number of anilines is 1. The van der Waals surface area contributed by atoms with E-state index in [4.69, 9.17) is 0 Å². The fourth-order valence-electron chi connectivity index (χ4n) is 2.85. The van der Waals surface area contributed by atoms with E-state index in [1.54, 1.807) is 0 Å². The lowest BCUT2D eigenvalue weighted by Gasteiger charge is -2.33. The van der Waals surface area contributed by atoms with Crippen LogP contribution in [0, 0.1) is 5.92 Å². The Bertz CT molecular complexity index is 488. The van der Waals surface area contributed by atoms with Crippen LogP contribution in [-0.4, -0.2) is 29.6 Å². The van der Waals surface area contributed by atoms with Crippen molar-refractivity contribution < 1.29 is 0 Å². The summed E-state index contributed by atoms with van der Waals surface area (Å²) >= 11 is 0. The largest absolute Gasteiger partial charge is 0.356 e. The average molecular weight is 248 g/mol. The van der Waals surface area contributed by atoms with E-state index in [-0.39, 0.29) is 5.69 Å². The van der Waals surface area contributed by atoms with Gasteiger partial charge in [0.2, 0.25) is 0 Å². The Kier molecular flexibility index (Phi) is 3.07. The highest BCUT2D eigenvalue weighted by Gasteiger charge is 2.23. The molecule has 0 aromatic carbocycles. The lowest BCUT2D eigenvalue weighted by Crippen LogP contribution is -2.38. The first kappa shape index (κ1) is 11.7. The summed E-state index contributed by atoms with van der Waals surface area (Å²) in [4.78, 5) is 21.0. The number of nitrogens with zero attached hydrogens (tertiary/aromatic N) is 2. The molecule has 0 saturated carbocycles. The molecule has 18 heavy (non-hydrogen) atoms. The SMILES string of the molecule is CC1CCN(c2nc(=O)[nH]c3c2CCNC3)CC1. The van der Waals surface area contributed by atoms with E-state index < -0.39 is 0 Å². The number of nitrogens with one attached hydrogen (secondary N) is 2. The van der Waals surface area contributed by atoms with Gasteiger partial charge in [0.15, 0.2) is 0 Å². The van der Waals surface area contributed by atoms with Gasteiger partial charge in [-0.25, -0.2) is 4.79 Å². The van der Waals surface area contributed by atoms with Crippen molar-refractivity contribution in [1.82, 2.24) is 15.3 Å². The minimum Gasteiger partial charge on any atom is -0.356 e. The Balaban J connectivity index is 1.95. The van der Waals surface area contributed by atoms with Crippen molar-refractivity contribution in [3.05, 3.63) is 21.7 Å². The first-order chi connectivity index (χ1) is 8.74. The maximum Gasteiger partial charge on any atom is 0.347 e. The van der Waals surface area contributed by atoms with E-state index in [0.717, 1.165) is 50.0 Å². The van der Waals surface area contributed by atoms with E-state index in [1.165, 1.54) is 18.4 Å². The molecular formula is C13H20N4O. The molecule has 5 nitrogen and oxygen atoms in total. The standard InChI is InChI=1S/C13H20N4O/c1-9-3-6-17(7-4-9)12-10-2-5-14-8-11(10)15-13(18)16-12/h9,14H,2-8H2,1H3,(H,15,16,18). The second kappa shape index (κ2) is 4.72. The fraction of sp³-hybridized carbons (Fsp3) is 0.692. The van der Waals surface area contributed by atoms with Crippen LogP contribution in [0.15, 0.2) is 4.79 Å². The molecule has 0 spiro atoms. The van der Waals surface area contributed by atoms with Gasteiger partial charge in [0.25, 0.3) is 0 Å². The highest BCUT2D eigenvalue weighted by molar-refractivity contribution is 5.49. The topological polar surface area (TPSA) is 61.0 Å². The third-order valence-electron chi connectivity index (χ3n) is 4.04. The molecule has 1 saturated heterocycles. The summed E-state index contributed by atoms with van der Waals surface area (Å²) in [6.45, 7) is 6.07. The van der Waals surface area contributed by atoms with Crippen molar-refractivity contribution in [3.8, 4) is 0 Å². The lowest BCUT2D eigenvalue weighted by molar-refractivity contribution is 0.434. The molecule has 0 radical (unpaired) electrons. The minimum atomic E-state index is -0.217. The second-order valence-corrected chi connectivity index (χ2v) is 5.42. The van der Waals surface area contributed by atoms with Gasteiger partial charge < -0.3 is 15.2 Å².